The van der Waals surface area contributed by atoms with E-state index < -0.39 is 25.1 Å². The van der Waals surface area contributed by atoms with E-state index in [2.05, 4.69) is 20.8 Å². The fraction of sp³-hybridized carbons (Fsp3) is 0.318. The van der Waals surface area contributed by atoms with Gasteiger partial charge in [-0.15, -0.1) is 0 Å². The Bertz CT molecular complexity index is 1120. The summed E-state index contributed by atoms with van der Waals surface area (Å²) in [7, 11) is 1.10. The molecule has 2 aromatic rings. The van der Waals surface area contributed by atoms with E-state index >= 15 is 0 Å². The second-order valence-corrected chi connectivity index (χ2v) is 10.2. The molecule has 202 valence electrons. The minimum absolute atomic E-state index is 0.153. The van der Waals surface area contributed by atoms with Crippen LogP contribution in [0.5, 0.6) is 0 Å². The van der Waals surface area contributed by atoms with Crippen molar-refractivity contribution in [1.82, 2.24) is 5.48 Å². The second kappa shape index (κ2) is 17.3. The quantitative estimate of drug-likeness (QED) is 0.0290. The first-order valence-electron chi connectivity index (χ1n) is 11.3. The molecular formula is C22H27BN6O7S2. The molecule has 0 spiro atoms. The molecule has 16 heteroatoms. The third kappa shape index (κ3) is 11.9. The Balaban J connectivity index is 1.50. The van der Waals surface area contributed by atoms with E-state index in [1.54, 1.807) is 12.1 Å². The Kier molecular flexibility index (Phi) is 14.1. The predicted octanol–water partition coefficient (Wildman–Crippen LogP) is 1.64. The average Bonchev–Trinajstić information content (AvgIpc) is 2.90. The zero-order valence-electron chi connectivity index (χ0n) is 20.2. The van der Waals surface area contributed by atoms with Crippen molar-refractivity contribution < 1.29 is 34.0 Å². The Morgan fingerprint density at radius 1 is 1.16 bits per heavy atom. The van der Waals surface area contributed by atoms with Crippen molar-refractivity contribution in [3.8, 4) is 0 Å². The van der Waals surface area contributed by atoms with Gasteiger partial charge in [-0.2, -0.15) is 5.48 Å². The molecule has 38 heavy (non-hydrogen) atoms. The van der Waals surface area contributed by atoms with E-state index in [0.29, 0.717) is 29.1 Å². The number of esters is 1. The molecule has 1 amide bonds. The van der Waals surface area contributed by atoms with Gasteiger partial charge in [0.25, 0.3) is 0 Å². The van der Waals surface area contributed by atoms with Crippen molar-refractivity contribution in [1.29, 1.82) is 0 Å². The minimum Gasteiger partial charge on any atom is -0.461 e. The monoisotopic (exact) mass is 562 g/mol. The van der Waals surface area contributed by atoms with Gasteiger partial charge >= 0.3 is 19.1 Å². The summed E-state index contributed by atoms with van der Waals surface area (Å²) in [5.41, 5.74) is 18.1. The van der Waals surface area contributed by atoms with Gasteiger partial charge in [-0.05, 0) is 41.7 Å². The Hall–Kier alpha value is -3.24. The third-order valence-corrected chi connectivity index (χ3v) is 7.02. The zero-order valence-corrected chi connectivity index (χ0v) is 21.8. The number of nitrogens with zero attached hydrogens (tertiary/aromatic N) is 3. The number of rotatable bonds is 16. The molecule has 0 heterocycles. The number of benzene rings is 2. The van der Waals surface area contributed by atoms with Crippen LogP contribution in [-0.4, -0.2) is 65.7 Å². The molecule has 2 aromatic carbocycles. The van der Waals surface area contributed by atoms with Gasteiger partial charge in [0, 0.05) is 40.8 Å². The summed E-state index contributed by atoms with van der Waals surface area (Å²) < 4.78 is 5.17. The lowest BCUT2D eigenvalue weighted by Crippen LogP contribution is -2.38. The minimum atomic E-state index is -1.62. The van der Waals surface area contributed by atoms with Gasteiger partial charge in [0.1, 0.15) is 12.6 Å². The molecule has 0 aliphatic rings. The van der Waals surface area contributed by atoms with Crippen molar-refractivity contribution in [2.24, 2.45) is 10.8 Å². The first-order valence-corrected chi connectivity index (χ1v) is 13.8. The fourth-order valence-corrected chi connectivity index (χ4v) is 4.67. The topological polar surface area (TPSA) is 209 Å². The highest BCUT2D eigenvalue weighted by molar-refractivity contribution is 8.76. The van der Waals surface area contributed by atoms with Gasteiger partial charge in [-0.1, -0.05) is 51.0 Å². The van der Waals surface area contributed by atoms with Crippen LogP contribution in [0.2, 0.25) is 0 Å². The largest absolute Gasteiger partial charge is 0.488 e. The van der Waals surface area contributed by atoms with E-state index in [9.17, 15) is 24.4 Å². The zero-order chi connectivity index (χ0) is 27.8. The lowest BCUT2D eigenvalue weighted by molar-refractivity contribution is -0.152. The molecule has 6 N–H and O–H groups in total. The number of amides is 1. The van der Waals surface area contributed by atoms with Gasteiger partial charge < -0.3 is 30.7 Å². The first-order chi connectivity index (χ1) is 18.3. The van der Waals surface area contributed by atoms with Gasteiger partial charge in [-0.25, -0.2) is 9.59 Å². The Morgan fingerprint density at radius 2 is 1.92 bits per heavy atom. The second-order valence-electron chi connectivity index (χ2n) is 7.55. The number of anilines is 1. The van der Waals surface area contributed by atoms with Crippen molar-refractivity contribution in [3.63, 3.8) is 0 Å². The molecule has 1 atom stereocenters. The summed E-state index contributed by atoms with van der Waals surface area (Å²) in [5, 5.41) is 24.4. The number of carbonyl (C=O) groups excluding carboxylic acids is 3. The number of hydroxylamine groups is 1. The number of hydrogen-bond acceptors (Lipinski definition) is 12. The number of ether oxygens (including phenoxy) is 1. The number of nitrogens with two attached hydrogens (primary N) is 1. The van der Waals surface area contributed by atoms with Crippen LogP contribution in [0.1, 0.15) is 23.2 Å². The lowest BCUT2D eigenvalue weighted by atomic mass is 9.80. The summed E-state index contributed by atoms with van der Waals surface area (Å²) in [5.74, 6) is -0.647. The van der Waals surface area contributed by atoms with Crippen LogP contribution >= 0.6 is 21.6 Å². The van der Waals surface area contributed by atoms with E-state index in [0.717, 1.165) is 0 Å². The van der Waals surface area contributed by atoms with Crippen LogP contribution < -0.4 is 22.0 Å². The maximum atomic E-state index is 12.0. The highest BCUT2D eigenvalue weighted by Crippen LogP contribution is 2.22. The van der Waals surface area contributed by atoms with Crippen LogP contribution in [0.4, 0.5) is 11.4 Å². The molecule has 0 saturated heterocycles. The normalized spacial score (nSPS) is 11.1. The van der Waals surface area contributed by atoms with Crippen molar-refractivity contribution in [2.75, 3.05) is 30.0 Å². The molecule has 1 unspecified atom stereocenters. The van der Waals surface area contributed by atoms with Gasteiger partial charge in [0.15, 0.2) is 0 Å². The van der Waals surface area contributed by atoms with Crippen molar-refractivity contribution >= 4 is 63.4 Å². The first kappa shape index (κ1) is 31.0. The number of azide groups is 1. The SMILES string of the molecule is [N-]=[N+]=Nc1ccc(C(=O)OCCSSCC(N)C(=O)ONCCCC(=O)Nc2cccc(B(O)O)c2)cc1. The maximum Gasteiger partial charge on any atom is 0.488 e. The molecule has 0 aliphatic carbocycles. The van der Waals surface area contributed by atoms with E-state index in [1.165, 1.54) is 58.0 Å². The van der Waals surface area contributed by atoms with Crippen LogP contribution in [-0.2, 0) is 19.2 Å². The van der Waals surface area contributed by atoms with Crippen LogP contribution in [0.15, 0.2) is 53.6 Å². The summed E-state index contributed by atoms with van der Waals surface area (Å²) in [6.07, 6.45) is 0.540. The van der Waals surface area contributed by atoms with E-state index in [1.807, 2.05) is 0 Å². The standard InChI is InChI=1S/C22H27BN6O7S2/c24-19(14-38-37-12-11-35-21(31)15-6-8-17(9-7-15)28-29-25)22(32)36-26-10-2-5-20(30)27-18-4-1-3-16(13-18)23(33)34/h1,3-4,6-9,13,19,26,33-34H,2,5,10-12,14,24H2,(H,27,30). The predicted molar refractivity (Wildman–Crippen MR) is 147 cm³/mol. The van der Waals surface area contributed by atoms with Gasteiger partial charge in [-0.3, -0.25) is 4.79 Å². The lowest BCUT2D eigenvalue weighted by Gasteiger charge is -2.11. The third-order valence-electron chi connectivity index (χ3n) is 4.62. The molecule has 0 bridgehead atoms. The Labute approximate surface area is 227 Å². The molecular weight excluding hydrogens is 535 g/mol. The van der Waals surface area contributed by atoms with Crippen LogP contribution in [0, 0.1) is 0 Å². The molecule has 0 saturated carbocycles. The van der Waals surface area contributed by atoms with Crippen LogP contribution in [0.25, 0.3) is 10.4 Å². The van der Waals surface area contributed by atoms with Crippen molar-refractivity contribution in [3.05, 3.63) is 64.5 Å². The molecule has 0 fully saturated rings. The number of hydrogen-bond donors (Lipinski definition) is 5. The van der Waals surface area contributed by atoms with Crippen LogP contribution in [0.3, 0.4) is 0 Å². The summed E-state index contributed by atoms with van der Waals surface area (Å²) in [4.78, 5) is 43.5. The van der Waals surface area contributed by atoms with Gasteiger partial charge in [0.2, 0.25) is 5.91 Å². The van der Waals surface area contributed by atoms with Crippen molar-refractivity contribution in [2.45, 2.75) is 18.9 Å². The molecule has 0 aromatic heterocycles. The summed E-state index contributed by atoms with van der Waals surface area (Å²) >= 11 is 0. The Morgan fingerprint density at radius 3 is 2.63 bits per heavy atom. The molecule has 13 nitrogen and oxygen atoms in total. The molecule has 2 rings (SSSR count). The number of carbonyl (C=O) groups is 3. The highest BCUT2D eigenvalue weighted by atomic mass is 33.1. The summed E-state index contributed by atoms with van der Waals surface area (Å²) in [6, 6.07) is 11.4. The fourth-order valence-electron chi connectivity index (χ4n) is 2.74. The highest BCUT2D eigenvalue weighted by Gasteiger charge is 2.16. The molecule has 0 radical (unpaired) electrons. The smallest absolute Gasteiger partial charge is 0.461 e. The van der Waals surface area contributed by atoms with E-state index in [4.69, 9.17) is 20.8 Å². The summed E-state index contributed by atoms with van der Waals surface area (Å²) in [6.45, 7) is 0.404. The molecule has 0 aliphatic heterocycles. The average molecular weight is 562 g/mol. The van der Waals surface area contributed by atoms with E-state index in [-0.39, 0.29) is 36.7 Å². The number of nitrogens with one attached hydrogen (secondary N) is 2. The van der Waals surface area contributed by atoms with Gasteiger partial charge in [0.05, 0.1) is 5.56 Å². The maximum absolute atomic E-state index is 12.0.